The lowest BCUT2D eigenvalue weighted by Crippen LogP contribution is -2.06. The van der Waals surface area contributed by atoms with E-state index in [1.54, 1.807) is 35.3 Å². The van der Waals surface area contributed by atoms with Gasteiger partial charge in [0.05, 0.1) is 28.8 Å². The normalized spacial score (nSPS) is 20.3. The van der Waals surface area contributed by atoms with Crippen LogP contribution in [0.2, 0.25) is 5.02 Å². The molecular weight excluding hydrogens is 393 g/mol. The van der Waals surface area contributed by atoms with Gasteiger partial charge in [-0.2, -0.15) is 0 Å². The van der Waals surface area contributed by atoms with Crippen LogP contribution in [0, 0.1) is 0 Å². The molecule has 0 amide bonds. The fraction of sp³-hybridized carbons (Fsp3) is 0.235. The van der Waals surface area contributed by atoms with Gasteiger partial charge in [0.1, 0.15) is 34.9 Å². The molecule has 10 heteroatoms. The van der Waals surface area contributed by atoms with E-state index in [0.29, 0.717) is 23.5 Å². The second-order valence-electron chi connectivity index (χ2n) is 6.44. The van der Waals surface area contributed by atoms with E-state index in [2.05, 4.69) is 15.3 Å². The Kier molecular flexibility index (Phi) is 3.71. The van der Waals surface area contributed by atoms with Gasteiger partial charge in [-0.1, -0.05) is 16.8 Å². The van der Waals surface area contributed by atoms with Crippen molar-refractivity contribution in [3.05, 3.63) is 58.2 Å². The van der Waals surface area contributed by atoms with Crippen LogP contribution < -0.4 is 0 Å². The Labute approximate surface area is 161 Å². The van der Waals surface area contributed by atoms with Crippen LogP contribution in [0.25, 0.3) is 10.5 Å². The van der Waals surface area contributed by atoms with Crippen LogP contribution in [0.5, 0.6) is 5.75 Å². The van der Waals surface area contributed by atoms with E-state index in [1.807, 2.05) is 0 Å². The zero-order chi connectivity index (χ0) is 18.7. The van der Waals surface area contributed by atoms with Crippen molar-refractivity contribution in [2.45, 2.75) is 24.6 Å². The van der Waals surface area contributed by atoms with Crippen LogP contribution in [0.4, 0.5) is 4.39 Å². The highest BCUT2D eigenvalue weighted by molar-refractivity contribution is 7.17. The molecule has 0 saturated heterocycles. The Morgan fingerprint density at radius 2 is 2.19 bits per heavy atom. The number of thiazole rings is 1. The molecule has 3 aromatic heterocycles. The summed E-state index contributed by atoms with van der Waals surface area (Å²) in [6.45, 7) is 0. The first-order valence-corrected chi connectivity index (χ1v) is 9.40. The average Bonchev–Trinajstić information content (AvgIpc) is 3.05. The highest BCUT2D eigenvalue weighted by Crippen LogP contribution is 2.49. The topological polar surface area (TPSA) is 88.5 Å². The Bertz CT molecular complexity index is 1160. The maximum Gasteiger partial charge on any atom is 0.141 e. The van der Waals surface area contributed by atoms with Crippen molar-refractivity contribution in [2.24, 2.45) is 0 Å². The third-order valence-corrected chi connectivity index (χ3v) is 6.17. The van der Waals surface area contributed by atoms with Gasteiger partial charge in [0, 0.05) is 10.8 Å². The van der Waals surface area contributed by atoms with Crippen LogP contribution in [-0.4, -0.2) is 40.8 Å². The zero-order valence-corrected chi connectivity index (χ0v) is 15.3. The molecule has 4 aromatic rings. The summed E-state index contributed by atoms with van der Waals surface area (Å²) in [5.41, 5.74) is 1.49. The molecule has 7 nitrogen and oxygen atoms in total. The number of aromatic hydroxyl groups is 1. The molecule has 5 rings (SSSR count). The quantitative estimate of drug-likeness (QED) is 0.544. The Hall–Kier alpha value is -2.49. The van der Waals surface area contributed by atoms with Crippen LogP contribution in [0.1, 0.15) is 34.7 Å². The fourth-order valence-electron chi connectivity index (χ4n) is 3.10. The van der Waals surface area contributed by atoms with Crippen molar-refractivity contribution in [1.82, 2.24) is 24.4 Å². The fourth-order valence-corrected chi connectivity index (χ4v) is 4.56. The summed E-state index contributed by atoms with van der Waals surface area (Å²) in [4.78, 5) is 5.76. The maximum absolute atomic E-state index is 13.7. The number of rotatable bonds is 4. The Morgan fingerprint density at radius 3 is 2.93 bits per heavy atom. The maximum atomic E-state index is 13.7. The predicted octanol–water partition coefficient (Wildman–Crippen LogP) is 3.24. The number of aromatic nitrogens is 5. The molecule has 1 fully saturated rings. The van der Waals surface area contributed by atoms with Gasteiger partial charge in [0.2, 0.25) is 0 Å². The van der Waals surface area contributed by atoms with E-state index in [4.69, 9.17) is 11.6 Å². The lowest BCUT2D eigenvalue weighted by Gasteiger charge is -2.09. The number of aliphatic hydroxyl groups is 1. The number of phenols is 1. The second kappa shape index (κ2) is 6.01. The standard InChI is InChI=1S/C17H13ClFN5O2S/c18-10-3-8(1-2-13(10)25)24-6-12(21-22-24)16(26)15-17(9-4-11(9)19)27-14-5-20-7-23(14)15/h1-3,5-7,9,11,16,25-26H,4H2. The number of imidazole rings is 1. The van der Waals surface area contributed by atoms with Crippen LogP contribution >= 0.6 is 22.9 Å². The van der Waals surface area contributed by atoms with Crippen LogP contribution in [0.15, 0.2) is 36.9 Å². The number of hydrogen-bond donors (Lipinski definition) is 2. The SMILES string of the molecule is Oc1ccc(-n2cc(C(O)c3c(C4CC4F)sc4cncn34)nn2)cc1Cl. The van der Waals surface area contributed by atoms with E-state index in [-0.39, 0.29) is 16.7 Å². The van der Waals surface area contributed by atoms with Crippen molar-refractivity contribution in [3.8, 4) is 11.4 Å². The molecule has 0 radical (unpaired) electrons. The molecule has 3 atom stereocenters. The smallest absolute Gasteiger partial charge is 0.141 e. The number of aliphatic hydroxyl groups excluding tert-OH is 1. The van der Waals surface area contributed by atoms with Crippen LogP contribution in [-0.2, 0) is 0 Å². The van der Waals surface area contributed by atoms with Gasteiger partial charge < -0.3 is 10.2 Å². The van der Waals surface area contributed by atoms with E-state index in [9.17, 15) is 14.6 Å². The first-order chi connectivity index (χ1) is 13.0. The summed E-state index contributed by atoms with van der Waals surface area (Å²) in [5.74, 6) is -0.220. The van der Waals surface area contributed by atoms with Gasteiger partial charge in [0.25, 0.3) is 0 Å². The molecule has 1 saturated carbocycles. The minimum absolute atomic E-state index is 0.0311. The van der Waals surface area contributed by atoms with Gasteiger partial charge in [-0.25, -0.2) is 14.1 Å². The average molecular weight is 406 g/mol. The molecule has 3 unspecified atom stereocenters. The van der Waals surface area contributed by atoms with E-state index >= 15 is 0 Å². The van der Waals surface area contributed by atoms with Gasteiger partial charge in [-0.3, -0.25) is 4.40 Å². The summed E-state index contributed by atoms with van der Waals surface area (Å²) in [6.07, 6.45) is 3.40. The minimum atomic E-state index is -1.07. The van der Waals surface area contributed by atoms with Crippen molar-refractivity contribution in [3.63, 3.8) is 0 Å². The number of fused-ring (bicyclic) bond motifs is 1. The first kappa shape index (κ1) is 16.7. The summed E-state index contributed by atoms with van der Waals surface area (Å²) in [5, 5.41) is 28.8. The molecule has 1 aromatic carbocycles. The molecule has 138 valence electrons. The summed E-state index contributed by atoms with van der Waals surface area (Å²) in [6, 6.07) is 4.63. The Balaban J connectivity index is 1.54. The van der Waals surface area contributed by atoms with Crippen molar-refractivity contribution >= 4 is 27.8 Å². The highest BCUT2D eigenvalue weighted by atomic mass is 35.5. The minimum Gasteiger partial charge on any atom is -0.506 e. The van der Waals surface area contributed by atoms with E-state index < -0.39 is 12.3 Å². The summed E-state index contributed by atoms with van der Waals surface area (Å²) >= 11 is 7.37. The van der Waals surface area contributed by atoms with Crippen molar-refractivity contribution in [2.75, 3.05) is 0 Å². The van der Waals surface area contributed by atoms with Gasteiger partial charge in [0.15, 0.2) is 0 Å². The molecule has 27 heavy (non-hydrogen) atoms. The molecule has 1 aliphatic rings. The van der Waals surface area contributed by atoms with Gasteiger partial charge >= 0.3 is 0 Å². The third kappa shape index (κ3) is 2.70. The van der Waals surface area contributed by atoms with Gasteiger partial charge in [-0.05, 0) is 24.6 Å². The number of halogens is 2. The lowest BCUT2D eigenvalue weighted by atomic mass is 10.1. The molecule has 0 bridgehead atoms. The van der Waals surface area contributed by atoms with E-state index in [1.165, 1.54) is 22.1 Å². The first-order valence-electron chi connectivity index (χ1n) is 8.21. The zero-order valence-electron chi connectivity index (χ0n) is 13.7. The molecule has 2 N–H and O–H groups in total. The molecular formula is C17H13ClFN5O2S. The number of nitrogens with zero attached hydrogens (tertiary/aromatic N) is 5. The largest absolute Gasteiger partial charge is 0.506 e. The monoisotopic (exact) mass is 405 g/mol. The van der Waals surface area contributed by atoms with Crippen molar-refractivity contribution < 1.29 is 14.6 Å². The number of hydrogen-bond acceptors (Lipinski definition) is 6. The number of benzene rings is 1. The highest BCUT2D eigenvalue weighted by Gasteiger charge is 2.43. The number of alkyl halides is 1. The summed E-state index contributed by atoms with van der Waals surface area (Å²) < 4.78 is 16.9. The number of phenolic OH excluding ortho intramolecular Hbond substituents is 1. The Morgan fingerprint density at radius 1 is 1.37 bits per heavy atom. The van der Waals surface area contributed by atoms with Crippen molar-refractivity contribution in [1.29, 1.82) is 0 Å². The third-order valence-electron chi connectivity index (χ3n) is 4.63. The second-order valence-corrected chi connectivity index (χ2v) is 7.91. The lowest BCUT2D eigenvalue weighted by molar-refractivity contribution is 0.208. The molecule has 0 aliphatic heterocycles. The predicted molar refractivity (Wildman–Crippen MR) is 97.4 cm³/mol. The van der Waals surface area contributed by atoms with Crippen LogP contribution in [0.3, 0.4) is 0 Å². The molecule has 0 spiro atoms. The van der Waals surface area contributed by atoms with E-state index in [0.717, 1.165) is 9.71 Å². The summed E-state index contributed by atoms with van der Waals surface area (Å²) in [7, 11) is 0. The molecule has 1 aliphatic carbocycles. The van der Waals surface area contributed by atoms with Gasteiger partial charge in [-0.15, -0.1) is 16.4 Å². The molecule has 3 heterocycles.